The minimum absolute atomic E-state index is 0.00104. The number of rotatable bonds is 17. The zero-order valence-corrected chi connectivity index (χ0v) is 17.7. The Morgan fingerprint density at radius 2 is 1.46 bits per heavy atom. The molecule has 1 aromatic rings. The van der Waals surface area contributed by atoms with E-state index in [9.17, 15) is 9.59 Å². The van der Waals surface area contributed by atoms with Gasteiger partial charge in [-0.25, -0.2) is 0 Å². The number of carboxylic acids is 1. The minimum Gasteiger partial charge on any atom is -0.481 e. The third-order valence-electron chi connectivity index (χ3n) is 5.09. The van der Waals surface area contributed by atoms with Crippen LogP contribution in [0.25, 0.3) is 0 Å². The summed E-state index contributed by atoms with van der Waals surface area (Å²) in [5.41, 5.74) is 0.560. The van der Waals surface area contributed by atoms with E-state index >= 15 is 0 Å². The van der Waals surface area contributed by atoms with Crippen molar-refractivity contribution in [1.82, 2.24) is 4.57 Å². The maximum Gasteiger partial charge on any atom is 0.309 e. The minimum atomic E-state index is -0.909. The van der Waals surface area contributed by atoms with E-state index in [-0.39, 0.29) is 12.3 Å². The standard InChI is InChI=1S/C24H39NO3/c1-2-3-4-5-6-7-8-9-10-11-12-13-14-15-16-19-23(26)25-20-17-18-22(25)21-24(27)28/h9-10,17-18,20H,2-8,11-16,19,21H2,1H3,(H,27,28)/b10-9+. The van der Waals surface area contributed by atoms with Crippen LogP contribution < -0.4 is 0 Å². The number of unbranched alkanes of at least 4 members (excludes halogenated alkanes) is 11. The summed E-state index contributed by atoms with van der Waals surface area (Å²) >= 11 is 0. The van der Waals surface area contributed by atoms with Gasteiger partial charge < -0.3 is 5.11 Å². The molecule has 0 spiro atoms. The summed E-state index contributed by atoms with van der Waals surface area (Å²) in [5.74, 6) is -0.910. The first-order valence-electron chi connectivity index (χ1n) is 11.2. The first kappa shape index (κ1) is 24.2. The monoisotopic (exact) mass is 389 g/mol. The van der Waals surface area contributed by atoms with Gasteiger partial charge in [0.25, 0.3) is 0 Å². The third kappa shape index (κ3) is 11.8. The first-order valence-corrected chi connectivity index (χ1v) is 11.2. The Hall–Kier alpha value is -1.84. The van der Waals surface area contributed by atoms with Crippen LogP contribution in [0.5, 0.6) is 0 Å². The molecule has 0 fully saturated rings. The summed E-state index contributed by atoms with van der Waals surface area (Å²) in [6.45, 7) is 2.26. The number of aromatic nitrogens is 1. The van der Waals surface area contributed by atoms with E-state index in [0.29, 0.717) is 12.1 Å². The highest BCUT2D eigenvalue weighted by Crippen LogP contribution is 2.12. The van der Waals surface area contributed by atoms with Crippen LogP contribution >= 0.6 is 0 Å². The van der Waals surface area contributed by atoms with Gasteiger partial charge in [-0.1, -0.05) is 70.4 Å². The molecule has 4 nitrogen and oxygen atoms in total. The molecule has 1 aromatic heterocycles. The van der Waals surface area contributed by atoms with Crippen LogP contribution in [0.3, 0.4) is 0 Å². The lowest BCUT2D eigenvalue weighted by molar-refractivity contribution is -0.136. The molecule has 0 saturated carbocycles. The Balaban J connectivity index is 1.96. The second-order valence-corrected chi connectivity index (χ2v) is 7.67. The van der Waals surface area contributed by atoms with Gasteiger partial charge in [0.15, 0.2) is 0 Å². The van der Waals surface area contributed by atoms with Crippen LogP contribution in [-0.2, 0) is 11.2 Å². The molecule has 0 unspecified atom stereocenters. The summed E-state index contributed by atoms with van der Waals surface area (Å²) in [5, 5.41) is 8.88. The predicted octanol–water partition coefficient (Wildman–Crippen LogP) is 6.79. The van der Waals surface area contributed by atoms with Crippen molar-refractivity contribution in [1.29, 1.82) is 0 Å². The molecule has 1 N–H and O–H groups in total. The molecule has 158 valence electrons. The van der Waals surface area contributed by atoms with Gasteiger partial charge in [0, 0.05) is 18.3 Å². The normalized spacial score (nSPS) is 11.3. The molecule has 0 aliphatic rings. The summed E-state index contributed by atoms with van der Waals surface area (Å²) in [6, 6.07) is 3.43. The summed E-state index contributed by atoms with van der Waals surface area (Å²) in [4.78, 5) is 23.0. The van der Waals surface area contributed by atoms with Crippen LogP contribution in [0.15, 0.2) is 30.5 Å². The van der Waals surface area contributed by atoms with Crippen LogP contribution in [0.4, 0.5) is 0 Å². The number of allylic oxidation sites excluding steroid dienone is 2. The van der Waals surface area contributed by atoms with Crippen molar-refractivity contribution in [3.63, 3.8) is 0 Å². The third-order valence-corrected chi connectivity index (χ3v) is 5.09. The fraction of sp³-hybridized carbons (Fsp3) is 0.667. The molecule has 0 bridgehead atoms. The van der Waals surface area contributed by atoms with E-state index in [2.05, 4.69) is 19.1 Å². The summed E-state index contributed by atoms with van der Waals surface area (Å²) in [7, 11) is 0. The number of carboxylic acid groups (broad SMARTS) is 1. The lowest BCUT2D eigenvalue weighted by Gasteiger charge is -2.06. The van der Waals surface area contributed by atoms with Gasteiger partial charge in [0.1, 0.15) is 0 Å². The van der Waals surface area contributed by atoms with Gasteiger partial charge in [-0.05, 0) is 44.2 Å². The number of hydrogen-bond acceptors (Lipinski definition) is 2. The average Bonchev–Trinajstić information content (AvgIpc) is 3.12. The highest BCUT2D eigenvalue weighted by molar-refractivity contribution is 5.81. The van der Waals surface area contributed by atoms with Crippen LogP contribution in [0.1, 0.15) is 107 Å². The molecule has 0 saturated heterocycles. The zero-order chi connectivity index (χ0) is 20.5. The number of carbonyl (C=O) groups excluding carboxylic acids is 1. The van der Waals surface area contributed by atoms with Crippen molar-refractivity contribution >= 4 is 11.9 Å². The SMILES string of the molecule is CCCCCCCC/C=C/CCCCCCCC(=O)n1cccc1CC(=O)O. The van der Waals surface area contributed by atoms with E-state index in [1.165, 1.54) is 62.4 Å². The van der Waals surface area contributed by atoms with Crippen molar-refractivity contribution < 1.29 is 14.7 Å². The van der Waals surface area contributed by atoms with Crippen molar-refractivity contribution in [2.24, 2.45) is 0 Å². The maximum absolute atomic E-state index is 12.2. The van der Waals surface area contributed by atoms with Crippen LogP contribution in [0.2, 0.25) is 0 Å². The predicted molar refractivity (Wildman–Crippen MR) is 116 cm³/mol. The average molecular weight is 390 g/mol. The number of aliphatic carboxylic acids is 1. The van der Waals surface area contributed by atoms with Crippen LogP contribution in [0, 0.1) is 0 Å². The van der Waals surface area contributed by atoms with Gasteiger partial charge >= 0.3 is 5.97 Å². The van der Waals surface area contributed by atoms with Gasteiger partial charge in [-0.15, -0.1) is 0 Å². The topological polar surface area (TPSA) is 59.3 Å². The van der Waals surface area contributed by atoms with Crippen molar-refractivity contribution in [2.75, 3.05) is 0 Å². The Kier molecular flexibility index (Phi) is 14.0. The highest BCUT2D eigenvalue weighted by atomic mass is 16.4. The fourth-order valence-electron chi connectivity index (χ4n) is 3.43. The molecule has 4 heteroatoms. The number of carbonyl (C=O) groups is 2. The molecule has 1 rings (SSSR count). The summed E-state index contributed by atoms with van der Waals surface area (Å²) in [6.07, 6.45) is 22.8. The van der Waals surface area contributed by atoms with Gasteiger partial charge in [0.2, 0.25) is 5.91 Å². The van der Waals surface area contributed by atoms with Gasteiger partial charge in [-0.2, -0.15) is 0 Å². The molecule has 1 heterocycles. The second-order valence-electron chi connectivity index (χ2n) is 7.67. The van der Waals surface area contributed by atoms with E-state index < -0.39 is 5.97 Å². The lowest BCUT2D eigenvalue weighted by Crippen LogP contribution is -2.15. The smallest absolute Gasteiger partial charge is 0.309 e. The largest absolute Gasteiger partial charge is 0.481 e. The molecular weight excluding hydrogens is 350 g/mol. The highest BCUT2D eigenvalue weighted by Gasteiger charge is 2.11. The first-order chi connectivity index (χ1) is 13.6. The molecule has 28 heavy (non-hydrogen) atoms. The fourth-order valence-corrected chi connectivity index (χ4v) is 3.43. The molecule has 0 aliphatic carbocycles. The van der Waals surface area contributed by atoms with E-state index in [0.717, 1.165) is 25.7 Å². The van der Waals surface area contributed by atoms with Gasteiger partial charge in [-0.3, -0.25) is 14.2 Å². The van der Waals surface area contributed by atoms with Crippen LogP contribution in [-0.4, -0.2) is 21.6 Å². The second kappa shape index (κ2) is 16.1. The molecule has 0 amide bonds. The van der Waals surface area contributed by atoms with Crippen molar-refractivity contribution in [3.05, 3.63) is 36.2 Å². The maximum atomic E-state index is 12.2. The molecular formula is C24H39NO3. The molecule has 0 radical (unpaired) electrons. The van der Waals surface area contributed by atoms with E-state index in [4.69, 9.17) is 5.11 Å². The van der Waals surface area contributed by atoms with E-state index in [1.807, 2.05) is 0 Å². The summed E-state index contributed by atoms with van der Waals surface area (Å²) < 4.78 is 1.49. The Labute approximate surface area is 171 Å². The zero-order valence-electron chi connectivity index (χ0n) is 17.7. The quantitative estimate of drug-likeness (QED) is 0.236. The molecule has 0 aromatic carbocycles. The number of hydrogen-bond donors (Lipinski definition) is 1. The Morgan fingerprint density at radius 3 is 2.07 bits per heavy atom. The van der Waals surface area contributed by atoms with Crippen molar-refractivity contribution in [3.8, 4) is 0 Å². The molecule has 0 aliphatic heterocycles. The Morgan fingerprint density at radius 1 is 0.893 bits per heavy atom. The number of nitrogens with zero attached hydrogens (tertiary/aromatic N) is 1. The van der Waals surface area contributed by atoms with Crippen molar-refractivity contribution in [2.45, 2.75) is 103 Å². The molecule has 0 atom stereocenters. The Bertz CT molecular complexity index is 574. The lowest BCUT2D eigenvalue weighted by atomic mass is 10.1. The van der Waals surface area contributed by atoms with E-state index in [1.54, 1.807) is 18.3 Å². The van der Waals surface area contributed by atoms with Gasteiger partial charge in [0.05, 0.1) is 6.42 Å².